The van der Waals surface area contributed by atoms with Gasteiger partial charge in [0, 0.05) is 29.1 Å². The molecule has 0 N–H and O–H groups in total. The molecule has 0 spiro atoms. The Morgan fingerprint density at radius 2 is 2.00 bits per heavy atom. The SMILES string of the molecule is Cc1nc(-c2ccccc2)sc1[C@@H](C)N(C)Cc1ccon1. The maximum atomic E-state index is 4.90. The Labute approximate surface area is 134 Å². The number of aryl methyl sites for hydroxylation is 1. The van der Waals surface area contributed by atoms with Crippen molar-refractivity contribution in [2.45, 2.75) is 26.4 Å². The summed E-state index contributed by atoms with van der Waals surface area (Å²) in [6.45, 7) is 5.05. The van der Waals surface area contributed by atoms with Crippen LogP contribution in [-0.2, 0) is 6.54 Å². The summed E-state index contributed by atoms with van der Waals surface area (Å²) in [5.74, 6) is 0. The Hall–Kier alpha value is -1.98. The molecule has 0 unspecified atom stereocenters. The summed E-state index contributed by atoms with van der Waals surface area (Å²) >= 11 is 1.77. The fourth-order valence-electron chi connectivity index (χ4n) is 2.41. The minimum Gasteiger partial charge on any atom is -0.364 e. The molecule has 0 aliphatic rings. The molecule has 5 heteroatoms. The maximum Gasteiger partial charge on any atom is 0.124 e. The first kappa shape index (κ1) is 14.9. The second-order valence-corrected chi connectivity index (χ2v) is 6.45. The molecule has 2 heterocycles. The van der Waals surface area contributed by atoms with E-state index < -0.39 is 0 Å². The first-order chi connectivity index (χ1) is 10.6. The van der Waals surface area contributed by atoms with Crippen LogP contribution in [0.4, 0.5) is 0 Å². The van der Waals surface area contributed by atoms with E-state index in [0.717, 1.165) is 22.9 Å². The molecule has 0 amide bonds. The Bertz CT molecular complexity index is 722. The lowest BCUT2D eigenvalue weighted by Crippen LogP contribution is -2.21. The van der Waals surface area contributed by atoms with Gasteiger partial charge in [0.05, 0.1) is 11.4 Å². The van der Waals surface area contributed by atoms with E-state index in [4.69, 9.17) is 9.51 Å². The summed E-state index contributed by atoms with van der Waals surface area (Å²) in [4.78, 5) is 8.29. The van der Waals surface area contributed by atoms with Crippen LogP contribution >= 0.6 is 11.3 Å². The van der Waals surface area contributed by atoms with Crippen LogP contribution < -0.4 is 0 Å². The molecule has 3 rings (SSSR count). The zero-order valence-corrected chi connectivity index (χ0v) is 13.8. The highest BCUT2D eigenvalue weighted by atomic mass is 32.1. The number of thiazole rings is 1. The van der Waals surface area contributed by atoms with Gasteiger partial charge in [-0.1, -0.05) is 35.5 Å². The third kappa shape index (κ3) is 3.10. The molecule has 4 nitrogen and oxygen atoms in total. The normalized spacial score (nSPS) is 12.7. The predicted molar refractivity (Wildman–Crippen MR) is 88.7 cm³/mol. The van der Waals surface area contributed by atoms with Crippen molar-refractivity contribution in [2.75, 3.05) is 7.05 Å². The molecule has 0 bridgehead atoms. The largest absolute Gasteiger partial charge is 0.364 e. The summed E-state index contributed by atoms with van der Waals surface area (Å²) in [5, 5.41) is 5.06. The highest BCUT2D eigenvalue weighted by molar-refractivity contribution is 7.15. The van der Waals surface area contributed by atoms with E-state index in [-0.39, 0.29) is 6.04 Å². The Balaban J connectivity index is 1.80. The molecule has 1 atom stereocenters. The molecular weight excluding hydrogens is 294 g/mol. The molecule has 0 saturated carbocycles. The molecule has 0 fully saturated rings. The average molecular weight is 313 g/mol. The van der Waals surface area contributed by atoms with Crippen molar-refractivity contribution in [3.05, 3.63) is 58.9 Å². The number of rotatable bonds is 5. The molecule has 0 aliphatic carbocycles. The fourth-order valence-corrected chi connectivity index (χ4v) is 3.60. The van der Waals surface area contributed by atoms with Gasteiger partial charge in [0.15, 0.2) is 0 Å². The van der Waals surface area contributed by atoms with Gasteiger partial charge in [-0.15, -0.1) is 11.3 Å². The molecule has 22 heavy (non-hydrogen) atoms. The van der Waals surface area contributed by atoms with E-state index in [9.17, 15) is 0 Å². The van der Waals surface area contributed by atoms with Crippen molar-refractivity contribution in [3.63, 3.8) is 0 Å². The Kier molecular flexibility index (Phi) is 4.36. The molecule has 2 aromatic heterocycles. The van der Waals surface area contributed by atoms with Crippen LogP contribution in [-0.4, -0.2) is 22.1 Å². The van der Waals surface area contributed by atoms with Crippen LogP contribution in [0.15, 0.2) is 47.2 Å². The first-order valence-electron chi connectivity index (χ1n) is 7.27. The van der Waals surface area contributed by atoms with Crippen LogP contribution in [0.2, 0.25) is 0 Å². The van der Waals surface area contributed by atoms with Gasteiger partial charge in [-0.3, -0.25) is 4.90 Å². The molecule has 3 aromatic rings. The van der Waals surface area contributed by atoms with Gasteiger partial charge in [-0.2, -0.15) is 0 Å². The summed E-state index contributed by atoms with van der Waals surface area (Å²) in [6.07, 6.45) is 1.61. The van der Waals surface area contributed by atoms with Gasteiger partial charge in [0.25, 0.3) is 0 Å². The van der Waals surface area contributed by atoms with Crippen molar-refractivity contribution < 1.29 is 4.52 Å². The maximum absolute atomic E-state index is 4.90. The van der Waals surface area contributed by atoms with Gasteiger partial charge in [0.1, 0.15) is 11.3 Å². The van der Waals surface area contributed by atoms with Crippen molar-refractivity contribution in [1.29, 1.82) is 0 Å². The summed E-state index contributed by atoms with van der Waals surface area (Å²) < 4.78 is 4.90. The molecule has 0 saturated heterocycles. The van der Waals surface area contributed by atoms with Crippen LogP contribution in [0, 0.1) is 6.92 Å². The van der Waals surface area contributed by atoms with Gasteiger partial charge in [-0.05, 0) is 20.9 Å². The van der Waals surface area contributed by atoms with Crippen LogP contribution in [0.5, 0.6) is 0 Å². The van der Waals surface area contributed by atoms with Crippen LogP contribution in [0.3, 0.4) is 0 Å². The summed E-state index contributed by atoms with van der Waals surface area (Å²) in [6, 6.07) is 12.5. The van der Waals surface area contributed by atoms with E-state index in [1.54, 1.807) is 17.6 Å². The number of aromatic nitrogens is 2. The highest BCUT2D eigenvalue weighted by Crippen LogP contribution is 2.34. The van der Waals surface area contributed by atoms with E-state index >= 15 is 0 Å². The Morgan fingerprint density at radius 3 is 2.68 bits per heavy atom. The smallest absolute Gasteiger partial charge is 0.124 e. The first-order valence-corrected chi connectivity index (χ1v) is 8.09. The summed E-state index contributed by atoms with van der Waals surface area (Å²) in [5.41, 5.74) is 3.22. The molecule has 0 radical (unpaired) electrons. The monoisotopic (exact) mass is 313 g/mol. The third-order valence-corrected chi connectivity index (χ3v) is 5.17. The highest BCUT2D eigenvalue weighted by Gasteiger charge is 2.19. The van der Waals surface area contributed by atoms with E-state index in [0.29, 0.717) is 0 Å². The number of benzene rings is 1. The van der Waals surface area contributed by atoms with Gasteiger partial charge in [-0.25, -0.2) is 4.98 Å². The standard InChI is InChI=1S/C17H19N3OS/c1-12-16(13(2)20(3)11-15-9-10-21-19-15)22-17(18-12)14-7-5-4-6-8-14/h4-10,13H,11H2,1-3H3/t13-/m1/s1. The molecule has 1 aromatic carbocycles. The number of hydrogen-bond donors (Lipinski definition) is 0. The van der Waals surface area contributed by atoms with Crippen molar-refractivity contribution in [1.82, 2.24) is 15.0 Å². The minimum atomic E-state index is 0.284. The minimum absolute atomic E-state index is 0.284. The van der Waals surface area contributed by atoms with Crippen molar-refractivity contribution in [3.8, 4) is 10.6 Å². The number of hydrogen-bond acceptors (Lipinski definition) is 5. The molecule has 114 valence electrons. The predicted octanol–water partition coefficient (Wildman–Crippen LogP) is 4.30. The third-order valence-electron chi connectivity index (χ3n) is 3.80. The lowest BCUT2D eigenvalue weighted by molar-refractivity contribution is 0.247. The fraction of sp³-hybridized carbons (Fsp3) is 0.294. The van der Waals surface area contributed by atoms with E-state index in [2.05, 4.69) is 43.1 Å². The Morgan fingerprint density at radius 1 is 1.23 bits per heavy atom. The van der Waals surface area contributed by atoms with Gasteiger partial charge < -0.3 is 4.52 Å². The van der Waals surface area contributed by atoms with Crippen molar-refractivity contribution in [2.24, 2.45) is 0 Å². The van der Waals surface area contributed by atoms with E-state index in [1.165, 1.54) is 10.4 Å². The zero-order valence-electron chi connectivity index (χ0n) is 13.0. The number of nitrogens with zero attached hydrogens (tertiary/aromatic N) is 3. The van der Waals surface area contributed by atoms with Crippen LogP contribution in [0.1, 0.15) is 29.2 Å². The zero-order chi connectivity index (χ0) is 15.5. The molecular formula is C17H19N3OS. The quantitative estimate of drug-likeness (QED) is 0.704. The average Bonchev–Trinajstić information content (AvgIpc) is 3.17. The second-order valence-electron chi connectivity index (χ2n) is 5.42. The topological polar surface area (TPSA) is 42.2 Å². The van der Waals surface area contributed by atoms with Crippen LogP contribution in [0.25, 0.3) is 10.6 Å². The van der Waals surface area contributed by atoms with Gasteiger partial charge >= 0.3 is 0 Å². The molecule has 0 aliphatic heterocycles. The van der Waals surface area contributed by atoms with Crippen molar-refractivity contribution >= 4 is 11.3 Å². The van der Waals surface area contributed by atoms with Gasteiger partial charge in [0.2, 0.25) is 0 Å². The second kappa shape index (κ2) is 6.42. The van der Waals surface area contributed by atoms with E-state index in [1.807, 2.05) is 24.3 Å². The lowest BCUT2D eigenvalue weighted by Gasteiger charge is -2.22. The summed E-state index contributed by atoms with van der Waals surface area (Å²) in [7, 11) is 2.10. The lowest BCUT2D eigenvalue weighted by atomic mass is 10.2.